The highest BCUT2D eigenvalue weighted by Crippen LogP contribution is 2.10. The van der Waals surface area contributed by atoms with Gasteiger partial charge in [0.15, 0.2) is 0 Å². The van der Waals surface area contributed by atoms with E-state index in [4.69, 9.17) is 5.73 Å². The van der Waals surface area contributed by atoms with E-state index >= 15 is 0 Å². The third-order valence-electron chi connectivity index (χ3n) is 3.97. The molecular formula is C16H25N3O. The molecule has 1 aliphatic heterocycles. The molecule has 0 spiro atoms. The average molecular weight is 275 g/mol. The van der Waals surface area contributed by atoms with E-state index in [1.807, 2.05) is 30.3 Å². The van der Waals surface area contributed by atoms with Crippen molar-refractivity contribution in [2.75, 3.05) is 19.6 Å². The van der Waals surface area contributed by atoms with Crippen molar-refractivity contribution in [2.45, 2.75) is 38.3 Å². The Morgan fingerprint density at radius 2 is 1.95 bits per heavy atom. The van der Waals surface area contributed by atoms with Crippen molar-refractivity contribution >= 4 is 5.91 Å². The van der Waals surface area contributed by atoms with Gasteiger partial charge in [0, 0.05) is 12.6 Å². The van der Waals surface area contributed by atoms with Gasteiger partial charge in [0.1, 0.15) is 0 Å². The van der Waals surface area contributed by atoms with E-state index in [-0.39, 0.29) is 5.91 Å². The monoisotopic (exact) mass is 275 g/mol. The number of likely N-dealkylation sites (tertiary alicyclic amines) is 1. The van der Waals surface area contributed by atoms with Gasteiger partial charge in [0.2, 0.25) is 5.91 Å². The van der Waals surface area contributed by atoms with Crippen molar-refractivity contribution in [3.63, 3.8) is 0 Å². The van der Waals surface area contributed by atoms with E-state index < -0.39 is 6.04 Å². The quantitative estimate of drug-likeness (QED) is 0.819. The fourth-order valence-corrected chi connectivity index (χ4v) is 2.65. The number of hydrogen-bond donors (Lipinski definition) is 2. The van der Waals surface area contributed by atoms with E-state index in [1.54, 1.807) is 0 Å². The Morgan fingerprint density at radius 1 is 1.30 bits per heavy atom. The predicted molar refractivity (Wildman–Crippen MR) is 81.4 cm³/mol. The molecule has 1 aromatic rings. The fourth-order valence-electron chi connectivity index (χ4n) is 2.65. The molecule has 1 heterocycles. The zero-order valence-corrected chi connectivity index (χ0v) is 12.2. The highest BCUT2D eigenvalue weighted by atomic mass is 16.2. The second kappa shape index (κ2) is 7.41. The van der Waals surface area contributed by atoms with Crippen LogP contribution in [-0.4, -0.2) is 42.5 Å². The fraction of sp³-hybridized carbons (Fsp3) is 0.562. The summed E-state index contributed by atoms with van der Waals surface area (Å²) in [6, 6.07) is 9.83. The predicted octanol–water partition coefficient (Wildman–Crippen LogP) is 1.16. The molecule has 0 aliphatic carbocycles. The first-order valence-corrected chi connectivity index (χ1v) is 7.48. The maximum Gasteiger partial charge on any atom is 0.237 e. The Morgan fingerprint density at radius 3 is 2.60 bits per heavy atom. The molecule has 4 nitrogen and oxygen atoms in total. The molecule has 0 saturated carbocycles. The Labute approximate surface area is 121 Å². The molecule has 1 aromatic carbocycles. The summed E-state index contributed by atoms with van der Waals surface area (Å²) in [5.41, 5.74) is 7.06. The smallest absolute Gasteiger partial charge is 0.237 e. The summed E-state index contributed by atoms with van der Waals surface area (Å²) < 4.78 is 0. The van der Waals surface area contributed by atoms with Crippen molar-refractivity contribution in [3.05, 3.63) is 35.9 Å². The van der Waals surface area contributed by atoms with Gasteiger partial charge in [-0.05, 0) is 44.8 Å². The summed E-state index contributed by atoms with van der Waals surface area (Å²) in [6.45, 7) is 5.13. The van der Waals surface area contributed by atoms with Gasteiger partial charge in [-0.2, -0.15) is 0 Å². The van der Waals surface area contributed by atoms with Gasteiger partial charge in [-0.1, -0.05) is 30.3 Å². The number of amides is 1. The molecule has 0 aromatic heterocycles. The minimum absolute atomic E-state index is 0.0556. The van der Waals surface area contributed by atoms with Gasteiger partial charge in [0.25, 0.3) is 0 Å². The summed E-state index contributed by atoms with van der Waals surface area (Å²) in [7, 11) is 0. The summed E-state index contributed by atoms with van der Waals surface area (Å²) in [4.78, 5) is 14.4. The highest BCUT2D eigenvalue weighted by Gasteiger charge is 2.20. The Balaban J connectivity index is 1.73. The molecule has 4 heteroatoms. The normalized spacial score (nSPS) is 18.7. The summed E-state index contributed by atoms with van der Waals surface area (Å²) in [5.74, 6) is -0.0556. The zero-order chi connectivity index (χ0) is 14.4. The van der Waals surface area contributed by atoms with Crippen LogP contribution in [0.3, 0.4) is 0 Å². The molecular weight excluding hydrogens is 250 g/mol. The van der Waals surface area contributed by atoms with Crippen molar-refractivity contribution in [3.8, 4) is 0 Å². The van der Waals surface area contributed by atoms with Crippen molar-refractivity contribution in [2.24, 2.45) is 5.73 Å². The first kappa shape index (κ1) is 15.0. The Hall–Kier alpha value is -1.39. The van der Waals surface area contributed by atoms with Gasteiger partial charge >= 0.3 is 0 Å². The number of rotatable bonds is 6. The van der Waals surface area contributed by atoms with Crippen molar-refractivity contribution < 1.29 is 4.79 Å². The third-order valence-corrected chi connectivity index (χ3v) is 3.97. The van der Waals surface area contributed by atoms with Crippen LogP contribution in [0, 0.1) is 0 Å². The van der Waals surface area contributed by atoms with Gasteiger partial charge in [-0.15, -0.1) is 0 Å². The SMILES string of the molecule is CC(CNC(=O)[C@@H](N)Cc1ccccc1)N1CCCC1. The van der Waals surface area contributed by atoms with Gasteiger partial charge < -0.3 is 11.1 Å². The van der Waals surface area contributed by atoms with Crippen LogP contribution in [0.2, 0.25) is 0 Å². The number of nitrogens with two attached hydrogens (primary N) is 1. The molecule has 1 fully saturated rings. The van der Waals surface area contributed by atoms with E-state index in [1.165, 1.54) is 12.8 Å². The topological polar surface area (TPSA) is 58.4 Å². The van der Waals surface area contributed by atoms with Crippen LogP contribution in [0.15, 0.2) is 30.3 Å². The van der Waals surface area contributed by atoms with Gasteiger partial charge in [0.05, 0.1) is 6.04 Å². The van der Waals surface area contributed by atoms with Crippen LogP contribution >= 0.6 is 0 Å². The van der Waals surface area contributed by atoms with Gasteiger partial charge in [-0.3, -0.25) is 9.69 Å². The third kappa shape index (κ3) is 4.32. The Bertz CT molecular complexity index is 415. The second-order valence-electron chi connectivity index (χ2n) is 5.63. The largest absolute Gasteiger partial charge is 0.353 e. The summed E-state index contributed by atoms with van der Waals surface area (Å²) in [5, 5.41) is 2.97. The number of hydrogen-bond acceptors (Lipinski definition) is 3. The number of nitrogens with zero attached hydrogens (tertiary/aromatic N) is 1. The Kier molecular flexibility index (Phi) is 5.56. The van der Waals surface area contributed by atoms with Crippen LogP contribution in [0.5, 0.6) is 0 Å². The standard InChI is InChI=1S/C16H25N3O/c1-13(19-9-5-6-10-19)12-18-16(20)15(17)11-14-7-3-2-4-8-14/h2-4,7-8,13,15H,5-6,9-12,17H2,1H3,(H,18,20)/t13?,15-/m0/s1. The lowest BCUT2D eigenvalue weighted by Crippen LogP contribution is -2.47. The first-order chi connectivity index (χ1) is 9.66. The van der Waals surface area contributed by atoms with Crippen LogP contribution < -0.4 is 11.1 Å². The molecule has 2 atom stereocenters. The van der Waals surface area contributed by atoms with E-state index in [0.717, 1.165) is 18.7 Å². The van der Waals surface area contributed by atoms with Crippen LogP contribution in [0.4, 0.5) is 0 Å². The molecule has 3 N–H and O–H groups in total. The van der Waals surface area contributed by atoms with Crippen LogP contribution in [0.25, 0.3) is 0 Å². The molecule has 20 heavy (non-hydrogen) atoms. The minimum atomic E-state index is -0.469. The maximum atomic E-state index is 12.0. The number of carbonyl (C=O) groups is 1. The average Bonchev–Trinajstić information content (AvgIpc) is 2.99. The van der Waals surface area contributed by atoms with Gasteiger partial charge in [-0.25, -0.2) is 0 Å². The second-order valence-corrected chi connectivity index (χ2v) is 5.63. The molecule has 1 amide bonds. The molecule has 0 bridgehead atoms. The molecule has 1 unspecified atom stereocenters. The molecule has 1 aliphatic rings. The number of nitrogens with one attached hydrogen (secondary N) is 1. The zero-order valence-electron chi connectivity index (χ0n) is 12.2. The van der Waals surface area contributed by atoms with Crippen LogP contribution in [0.1, 0.15) is 25.3 Å². The lowest BCUT2D eigenvalue weighted by atomic mass is 10.1. The molecule has 0 radical (unpaired) electrons. The number of carbonyl (C=O) groups excluding carboxylic acids is 1. The lowest BCUT2D eigenvalue weighted by molar-refractivity contribution is -0.122. The molecule has 2 rings (SSSR count). The van der Waals surface area contributed by atoms with Crippen LogP contribution in [-0.2, 0) is 11.2 Å². The van der Waals surface area contributed by atoms with E-state index in [0.29, 0.717) is 19.0 Å². The van der Waals surface area contributed by atoms with Crippen molar-refractivity contribution in [1.82, 2.24) is 10.2 Å². The summed E-state index contributed by atoms with van der Waals surface area (Å²) in [6.07, 6.45) is 3.13. The maximum absolute atomic E-state index is 12.0. The van der Waals surface area contributed by atoms with E-state index in [2.05, 4.69) is 17.1 Å². The lowest BCUT2D eigenvalue weighted by Gasteiger charge is -2.24. The number of benzene rings is 1. The van der Waals surface area contributed by atoms with Crippen molar-refractivity contribution in [1.29, 1.82) is 0 Å². The summed E-state index contributed by atoms with van der Waals surface area (Å²) >= 11 is 0. The molecule has 110 valence electrons. The highest BCUT2D eigenvalue weighted by molar-refractivity contribution is 5.81. The first-order valence-electron chi connectivity index (χ1n) is 7.48. The minimum Gasteiger partial charge on any atom is -0.353 e. The molecule has 1 saturated heterocycles. The van der Waals surface area contributed by atoms with E-state index in [9.17, 15) is 4.79 Å².